The molecule has 0 saturated heterocycles. The Morgan fingerprint density at radius 3 is 2.30 bits per heavy atom. The zero-order chi connectivity index (χ0) is 17.5. The van der Waals surface area contributed by atoms with Crippen LogP contribution in [0.2, 0.25) is 0 Å². The molecule has 0 unspecified atom stereocenters. The zero-order valence-electron chi connectivity index (χ0n) is 14.5. The van der Waals surface area contributed by atoms with Crippen LogP contribution in [0.15, 0.2) is 29.2 Å². The summed E-state index contributed by atoms with van der Waals surface area (Å²) in [6.07, 6.45) is 2.85. The van der Waals surface area contributed by atoms with Gasteiger partial charge in [0.2, 0.25) is 15.9 Å². The first-order valence-electron chi connectivity index (χ1n) is 8.06. The first kappa shape index (κ1) is 19.6. The predicted molar refractivity (Wildman–Crippen MR) is 92.7 cm³/mol. The third kappa shape index (κ3) is 6.71. The molecule has 0 radical (unpaired) electrons. The number of unbranched alkanes of at least 4 members (excludes halogenated alkanes) is 2. The topological polar surface area (TPSA) is 66.5 Å². The Morgan fingerprint density at radius 1 is 1.13 bits per heavy atom. The predicted octanol–water partition coefficient (Wildman–Crippen LogP) is 2.70. The molecule has 23 heavy (non-hydrogen) atoms. The molecule has 0 aliphatic heterocycles. The molecule has 1 aromatic rings. The second-order valence-electron chi connectivity index (χ2n) is 6.17. The van der Waals surface area contributed by atoms with Crippen molar-refractivity contribution >= 4 is 15.9 Å². The van der Waals surface area contributed by atoms with Gasteiger partial charge in [0, 0.05) is 26.1 Å². The van der Waals surface area contributed by atoms with Crippen LogP contribution in [0.25, 0.3) is 0 Å². The minimum absolute atomic E-state index is 0.0561. The zero-order valence-corrected chi connectivity index (χ0v) is 15.3. The van der Waals surface area contributed by atoms with Crippen LogP contribution in [0.1, 0.15) is 45.1 Å². The van der Waals surface area contributed by atoms with E-state index in [2.05, 4.69) is 5.32 Å². The highest BCUT2D eigenvalue weighted by Gasteiger charge is 2.19. The maximum absolute atomic E-state index is 12.4. The van der Waals surface area contributed by atoms with Gasteiger partial charge in [-0.15, -0.1) is 0 Å². The van der Waals surface area contributed by atoms with Gasteiger partial charge in [0.15, 0.2) is 0 Å². The molecule has 0 bridgehead atoms. The van der Waals surface area contributed by atoms with Crippen molar-refractivity contribution in [3.05, 3.63) is 29.8 Å². The van der Waals surface area contributed by atoms with E-state index in [1.807, 2.05) is 20.8 Å². The summed E-state index contributed by atoms with van der Waals surface area (Å²) in [4.78, 5) is 11.8. The van der Waals surface area contributed by atoms with E-state index in [0.717, 1.165) is 24.8 Å². The van der Waals surface area contributed by atoms with Gasteiger partial charge >= 0.3 is 0 Å². The Hall–Kier alpha value is -1.40. The number of hydrogen-bond donors (Lipinski definition) is 1. The molecule has 6 heteroatoms. The first-order valence-corrected chi connectivity index (χ1v) is 9.50. The molecule has 0 atom stereocenters. The van der Waals surface area contributed by atoms with Crippen LogP contribution in [0, 0.1) is 6.92 Å². The van der Waals surface area contributed by atoms with Gasteiger partial charge in [-0.3, -0.25) is 4.79 Å². The van der Waals surface area contributed by atoms with Gasteiger partial charge in [0.1, 0.15) is 0 Å². The molecule has 1 rings (SSSR count). The van der Waals surface area contributed by atoms with Crippen LogP contribution in [0.4, 0.5) is 0 Å². The number of amides is 1. The summed E-state index contributed by atoms with van der Waals surface area (Å²) >= 11 is 0. The molecular formula is C17H28N2O3S. The fourth-order valence-corrected chi connectivity index (χ4v) is 3.41. The van der Waals surface area contributed by atoms with E-state index >= 15 is 0 Å². The van der Waals surface area contributed by atoms with Crippen LogP contribution in [0.3, 0.4) is 0 Å². The number of sulfonamides is 1. The van der Waals surface area contributed by atoms with Crippen molar-refractivity contribution in [3.8, 4) is 0 Å². The normalized spacial score (nSPS) is 11.9. The van der Waals surface area contributed by atoms with E-state index in [9.17, 15) is 13.2 Å². The van der Waals surface area contributed by atoms with Gasteiger partial charge < -0.3 is 5.32 Å². The Bertz CT molecular complexity index is 595. The average molecular weight is 340 g/mol. The Kier molecular flexibility index (Phi) is 7.72. The number of hydrogen-bond acceptors (Lipinski definition) is 3. The summed E-state index contributed by atoms with van der Waals surface area (Å²) in [7, 11) is -1.82. The molecule has 0 saturated carbocycles. The number of rotatable bonds is 9. The molecule has 0 fully saturated rings. The summed E-state index contributed by atoms with van der Waals surface area (Å²) in [5.41, 5.74) is 1.03. The van der Waals surface area contributed by atoms with Crippen molar-refractivity contribution in [3.63, 3.8) is 0 Å². The second kappa shape index (κ2) is 9.03. The maximum Gasteiger partial charge on any atom is 0.242 e. The fourth-order valence-electron chi connectivity index (χ4n) is 2.20. The number of aryl methyl sites for hydroxylation is 1. The lowest BCUT2D eigenvalue weighted by molar-refractivity contribution is -0.121. The van der Waals surface area contributed by atoms with Crippen molar-refractivity contribution in [2.75, 3.05) is 13.6 Å². The van der Waals surface area contributed by atoms with E-state index < -0.39 is 10.0 Å². The van der Waals surface area contributed by atoms with E-state index in [1.54, 1.807) is 31.3 Å². The van der Waals surface area contributed by atoms with Gasteiger partial charge in [-0.25, -0.2) is 12.7 Å². The lowest BCUT2D eigenvalue weighted by Crippen LogP contribution is -2.30. The third-order valence-electron chi connectivity index (χ3n) is 3.56. The summed E-state index contributed by atoms with van der Waals surface area (Å²) in [5.74, 6) is 0.0561. The largest absolute Gasteiger partial charge is 0.354 e. The summed E-state index contributed by atoms with van der Waals surface area (Å²) in [6, 6.07) is 7.03. The third-order valence-corrected chi connectivity index (χ3v) is 5.43. The number of carbonyl (C=O) groups excluding carboxylic acids is 1. The molecule has 1 aromatic carbocycles. The van der Waals surface area contributed by atoms with Crippen molar-refractivity contribution < 1.29 is 13.2 Å². The van der Waals surface area contributed by atoms with Crippen molar-refractivity contribution in [2.45, 2.75) is 57.4 Å². The molecule has 0 aliphatic rings. The van der Waals surface area contributed by atoms with Crippen molar-refractivity contribution in [1.82, 2.24) is 9.62 Å². The van der Waals surface area contributed by atoms with Crippen molar-refractivity contribution in [1.29, 1.82) is 0 Å². The van der Waals surface area contributed by atoms with Gasteiger partial charge in [0.25, 0.3) is 0 Å². The average Bonchev–Trinajstić information content (AvgIpc) is 2.46. The van der Waals surface area contributed by atoms with E-state index in [1.165, 1.54) is 4.31 Å². The SMILES string of the molecule is Cc1ccc(S(=O)(=O)N(C)CCCCCC(=O)NC(C)C)cc1. The van der Waals surface area contributed by atoms with Crippen LogP contribution < -0.4 is 5.32 Å². The molecule has 5 nitrogen and oxygen atoms in total. The Morgan fingerprint density at radius 2 is 1.74 bits per heavy atom. The number of nitrogens with one attached hydrogen (secondary N) is 1. The van der Waals surface area contributed by atoms with Gasteiger partial charge in [0.05, 0.1) is 4.90 Å². The molecule has 1 N–H and O–H groups in total. The van der Waals surface area contributed by atoms with Crippen LogP contribution >= 0.6 is 0 Å². The van der Waals surface area contributed by atoms with Crippen LogP contribution in [-0.2, 0) is 14.8 Å². The quantitative estimate of drug-likeness (QED) is 0.703. The molecule has 0 aliphatic carbocycles. The molecule has 130 valence electrons. The lowest BCUT2D eigenvalue weighted by Gasteiger charge is -2.17. The van der Waals surface area contributed by atoms with Gasteiger partial charge in [-0.05, 0) is 45.7 Å². The van der Waals surface area contributed by atoms with Crippen LogP contribution in [-0.4, -0.2) is 38.3 Å². The standard InChI is InChI=1S/C17H28N2O3S/c1-14(2)18-17(20)8-6-5-7-13-19(4)23(21,22)16-11-9-15(3)10-12-16/h9-12,14H,5-8,13H2,1-4H3,(H,18,20). The molecule has 0 heterocycles. The second-order valence-corrected chi connectivity index (χ2v) is 8.22. The number of nitrogens with zero attached hydrogens (tertiary/aromatic N) is 1. The monoisotopic (exact) mass is 340 g/mol. The summed E-state index contributed by atoms with van der Waals surface area (Å²) in [5, 5.41) is 2.85. The van der Waals surface area contributed by atoms with Crippen LogP contribution in [0.5, 0.6) is 0 Å². The Labute approximate surface area is 140 Å². The molecule has 1 amide bonds. The molecule has 0 aromatic heterocycles. The Balaban J connectivity index is 2.37. The van der Waals surface area contributed by atoms with Gasteiger partial charge in [-0.1, -0.05) is 24.1 Å². The summed E-state index contributed by atoms with van der Waals surface area (Å²) in [6.45, 7) is 6.25. The smallest absolute Gasteiger partial charge is 0.242 e. The molecular weight excluding hydrogens is 312 g/mol. The number of benzene rings is 1. The number of carbonyl (C=O) groups is 1. The van der Waals surface area contributed by atoms with Gasteiger partial charge in [-0.2, -0.15) is 0 Å². The molecule has 0 spiro atoms. The highest BCUT2D eigenvalue weighted by atomic mass is 32.2. The maximum atomic E-state index is 12.4. The minimum atomic E-state index is -3.42. The van der Waals surface area contributed by atoms with E-state index in [4.69, 9.17) is 0 Å². The fraction of sp³-hybridized carbons (Fsp3) is 0.588. The van der Waals surface area contributed by atoms with E-state index in [-0.39, 0.29) is 11.9 Å². The highest BCUT2D eigenvalue weighted by Crippen LogP contribution is 2.15. The minimum Gasteiger partial charge on any atom is -0.354 e. The lowest BCUT2D eigenvalue weighted by atomic mass is 10.2. The highest BCUT2D eigenvalue weighted by molar-refractivity contribution is 7.89. The first-order chi connectivity index (χ1) is 10.7. The van der Waals surface area contributed by atoms with Crippen molar-refractivity contribution in [2.24, 2.45) is 0 Å². The van der Waals surface area contributed by atoms with E-state index in [0.29, 0.717) is 17.9 Å². The summed E-state index contributed by atoms with van der Waals surface area (Å²) < 4.78 is 26.2.